The maximum Gasteiger partial charge on any atom is 0.122 e. The van der Waals surface area contributed by atoms with Gasteiger partial charge in [0, 0.05) is 11.2 Å². The Hall–Kier alpha value is -0.500. The lowest BCUT2D eigenvalue weighted by molar-refractivity contribution is 0.253. The quantitative estimate of drug-likeness (QED) is 0.699. The van der Waals surface area contributed by atoms with Crippen LogP contribution in [0.5, 0.6) is 5.75 Å². The lowest BCUT2D eigenvalue weighted by Gasteiger charge is -2.15. The van der Waals surface area contributed by atoms with Crippen molar-refractivity contribution in [2.45, 2.75) is 33.6 Å². The molecule has 1 unspecified atom stereocenters. The molecule has 1 atom stereocenters. The van der Waals surface area contributed by atoms with Crippen LogP contribution in [0.4, 0.5) is 0 Å². The van der Waals surface area contributed by atoms with Crippen molar-refractivity contribution in [3.63, 3.8) is 0 Å². The summed E-state index contributed by atoms with van der Waals surface area (Å²) in [7, 11) is 0. The summed E-state index contributed by atoms with van der Waals surface area (Å²) >= 11 is 3.54. The maximum absolute atomic E-state index is 5.87. The number of hydrogen-bond donors (Lipinski definition) is 0. The summed E-state index contributed by atoms with van der Waals surface area (Å²) in [6.07, 6.45) is 2.43. The molecule has 0 heterocycles. The van der Waals surface area contributed by atoms with E-state index in [-0.39, 0.29) is 0 Å². The highest BCUT2D eigenvalue weighted by molar-refractivity contribution is 9.09. The van der Waals surface area contributed by atoms with E-state index < -0.39 is 0 Å². The first-order chi connectivity index (χ1) is 7.67. The summed E-state index contributed by atoms with van der Waals surface area (Å²) in [6, 6.07) is 6.34. The Balaban J connectivity index is 2.53. The Morgan fingerprint density at radius 3 is 2.62 bits per heavy atom. The Kier molecular flexibility index (Phi) is 5.89. The highest BCUT2D eigenvalue weighted by Gasteiger charge is 2.08. The predicted molar refractivity (Wildman–Crippen MR) is 73.6 cm³/mol. The third kappa shape index (κ3) is 4.17. The molecule has 0 aliphatic rings. The Bertz CT molecular complexity index is 323. The van der Waals surface area contributed by atoms with E-state index in [2.05, 4.69) is 54.9 Å². The van der Waals surface area contributed by atoms with Gasteiger partial charge in [-0.05, 0) is 31.9 Å². The van der Waals surface area contributed by atoms with Gasteiger partial charge in [-0.15, -0.1) is 0 Å². The lowest BCUT2D eigenvalue weighted by atomic mass is 10.1. The van der Waals surface area contributed by atoms with Gasteiger partial charge in [0.25, 0.3) is 0 Å². The van der Waals surface area contributed by atoms with Crippen molar-refractivity contribution >= 4 is 15.9 Å². The van der Waals surface area contributed by atoms with E-state index in [4.69, 9.17) is 4.74 Å². The van der Waals surface area contributed by atoms with E-state index in [1.807, 2.05) is 0 Å². The molecule has 1 nitrogen and oxygen atoms in total. The van der Waals surface area contributed by atoms with E-state index in [0.29, 0.717) is 5.92 Å². The summed E-state index contributed by atoms with van der Waals surface area (Å²) in [5, 5.41) is 1.02. The molecule has 0 bridgehead atoms. The molecule has 0 N–H and O–H groups in total. The van der Waals surface area contributed by atoms with Crippen LogP contribution < -0.4 is 4.74 Å². The molecule has 0 saturated carbocycles. The number of aryl methyl sites for hydroxylation is 2. The molecule has 16 heavy (non-hydrogen) atoms. The van der Waals surface area contributed by atoms with Gasteiger partial charge in [-0.3, -0.25) is 0 Å². The number of hydrogen-bond acceptors (Lipinski definition) is 1. The average Bonchev–Trinajstić information content (AvgIpc) is 2.26. The van der Waals surface area contributed by atoms with Crippen molar-refractivity contribution in [3.8, 4) is 5.75 Å². The molecule has 1 aromatic carbocycles. The molecular weight excluding hydrogens is 264 g/mol. The van der Waals surface area contributed by atoms with E-state index in [0.717, 1.165) is 17.7 Å². The van der Waals surface area contributed by atoms with Gasteiger partial charge >= 0.3 is 0 Å². The first-order valence-corrected chi connectivity index (χ1v) is 7.05. The molecule has 0 fully saturated rings. The van der Waals surface area contributed by atoms with Gasteiger partial charge in [-0.1, -0.05) is 47.0 Å². The van der Waals surface area contributed by atoms with Crippen LogP contribution in [0.15, 0.2) is 18.2 Å². The molecule has 1 aromatic rings. The van der Waals surface area contributed by atoms with Gasteiger partial charge in [0.05, 0.1) is 6.61 Å². The van der Waals surface area contributed by atoms with Gasteiger partial charge in [-0.25, -0.2) is 0 Å². The molecule has 0 spiro atoms. The van der Waals surface area contributed by atoms with Crippen LogP contribution in [-0.2, 0) is 0 Å². The minimum Gasteiger partial charge on any atom is -0.493 e. The topological polar surface area (TPSA) is 9.23 Å². The monoisotopic (exact) mass is 284 g/mol. The summed E-state index contributed by atoms with van der Waals surface area (Å²) < 4.78 is 5.87. The van der Waals surface area contributed by atoms with Crippen molar-refractivity contribution in [2.75, 3.05) is 11.9 Å². The first kappa shape index (κ1) is 13.6. The molecule has 2 heteroatoms. The fraction of sp³-hybridized carbons (Fsp3) is 0.571. The number of alkyl halides is 1. The fourth-order valence-electron chi connectivity index (χ4n) is 1.78. The molecule has 0 aliphatic heterocycles. The molecule has 0 saturated heterocycles. The minimum atomic E-state index is 0.616. The van der Waals surface area contributed by atoms with Crippen LogP contribution in [0.25, 0.3) is 0 Å². The lowest BCUT2D eigenvalue weighted by Crippen LogP contribution is -2.13. The maximum atomic E-state index is 5.87. The smallest absolute Gasteiger partial charge is 0.122 e. The van der Waals surface area contributed by atoms with Crippen LogP contribution in [0.3, 0.4) is 0 Å². The Labute approximate surface area is 107 Å². The molecule has 0 aromatic heterocycles. The standard InChI is InChI=1S/C14H21BrO/c1-4-5-13(9-15)10-16-14-7-6-11(2)8-12(14)3/h6-8,13H,4-5,9-10H2,1-3H3. The zero-order chi connectivity index (χ0) is 12.0. The van der Waals surface area contributed by atoms with Crippen molar-refractivity contribution in [1.29, 1.82) is 0 Å². The third-order valence-electron chi connectivity index (χ3n) is 2.72. The number of ether oxygens (including phenoxy) is 1. The Morgan fingerprint density at radius 2 is 2.06 bits per heavy atom. The van der Waals surface area contributed by atoms with Gasteiger partial charge in [0.15, 0.2) is 0 Å². The van der Waals surface area contributed by atoms with Crippen LogP contribution >= 0.6 is 15.9 Å². The second kappa shape index (κ2) is 6.95. The van der Waals surface area contributed by atoms with E-state index in [1.54, 1.807) is 0 Å². The second-order valence-corrected chi connectivity index (χ2v) is 5.04. The largest absolute Gasteiger partial charge is 0.493 e. The van der Waals surface area contributed by atoms with E-state index in [1.165, 1.54) is 24.0 Å². The summed E-state index contributed by atoms with van der Waals surface area (Å²) in [6.45, 7) is 7.23. The van der Waals surface area contributed by atoms with E-state index in [9.17, 15) is 0 Å². The third-order valence-corrected chi connectivity index (χ3v) is 3.64. The second-order valence-electron chi connectivity index (χ2n) is 4.39. The molecule has 0 radical (unpaired) electrons. The first-order valence-electron chi connectivity index (χ1n) is 5.93. The zero-order valence-electron chi connectivity index (χ0n) is 10.4. The molecule has 0 aliphatic carbocycles. The van der Waals surface area contributed by atoms with Crippen molar-refractivity contribution < 1.29 is 4.74 Å². The van der Waals surface area contributed by atoms with Crippen LogP contribution in [-0.4, -0.2) is 11.9 Å². The predicted octanol–water partition coefficient (Wildman–Crippen LogP) is 4.49. The van der Waals surface area contributed by atoms with Gasteiger partial charge in [0.1, 0.15) is 5.75 Å². The summed E-state index contributed by atoms with van der Waals surface area (Å²) in [5.41, 5.74) is 2.51. The van der Waals surface area contributed by atoms with E-state index >= 15 is 0 Å². The number of rotatable bonds is 6. The highest BCUT2D eigenvalue weighted by atomic mass is 79.9. The van der Waals surface area contributed by atoms with Crippen molar-refractivity contribution in [3.05, 3.63) is 29.3 Å². The van der Waals surface area contributed by atoms with Crippen LogP contribution in [0.2, 0.25) is 0 Å². The van der Waals surface area contributed by atoms with Gasteiger partial charge in [0.2, 0.25) is 0 Å². The minimum absolute atomic E-state index is 0.616. The van der Waals surface area contributed by atoms with Gasteiger partial charge in [-0.2, -0.15) is 0 Å². The summed E-state index contributed by atoms with van der Waals surface area (Å²) in [4.78, 5) is 0. The fourth-order valence-corrected chi connectivity index (χ4v) is 2.29. The molecule has 90 valence electrons. The Morgan fingerprint density at radius 1 is 1.31 bits per heavy atom. The van der Waals surface area contributed by atoms with Crippen LogP contribution in [0.1, 0.15) is 30.9 Å². The van der Waals surface area contributed by atoms with Crippen LogP contribution in [0, 0.1) is 19.8 Å². The number of benzene rings is 1. The number of halogens is 1. The molecular formula is C14H21BrO. The van der Waals surface area contributed by atoms with Crippen molar-refractivity contribution in [1.82, 2.24) is 0 Å². The average molecular weight is 285 g/mol. The normalized spacial score (nSPS) is 12.5. The summed E-state index contributed by atoms with van der Waals surface area (Å²) in [5.74, 6) is 1.64. The SMILES string of the molecule is CCCC(CBr)COc1ccc(C)cc1C. The zero-order valence-corrected chi connectivity index (χ0v) is 12.0. The van der Waals surface area contributed by atoms with Gasteiger partial charge < -0.3 is 4.74 Å². The molecule has 1 rings (SSSR count). The molecule has 0 amide bonds. The highest BCUT2D eigenvalue weighted by Crippen LogP contribution is 2.20. The van der Waals surface area contributed by atoms with Crippen molar-refractivity contribution in [2.24, 2.45) is 5.92 Å².